The molecule has 0 fully saturated rings. The summed E-state index contributed by atoms with van der Waals surface area (Å²) in [5, 5.41) is 24.8. The fraction of sp³-hybridized carbons (Fsp3) is 0.714. The maximum atomic E-state index is 8.25. The van der Waals surface area contributed by atoms with Crippen molar-refractivity contribution in [2.24, 2.45) is 5.92 Å². The minimum atomic E-state index is 0. The van der Waals surface area contributed by atoms with Crippen LogP contribution in [-0.2, 0) is 21.7 Å². The van der Waals surface area contributed by atoms with Crippen LogP contribution in [0.5, 0.6) is 0 Å². The molecule has 0 aliphatic heterocycles. The standard InChI is InChI=1S/C11H15.3CH3O.Ti/c1-8-7-9(2)11-6-4-3-5-10(8)11;3*1-2;/h8H,3-6H2,1-2H3;3*1H3;/q4*-1;+4. The van der Waals surface area contributed by atoms with Gasteiger partial charge in [0.15, 0.2) is 0 Å². The normalized spacial score (nSPS) is 19.6. The van der Waals surface area contributed by atoms with Crippen LogP contribution in [0.25, 0.3) is 0 Å². The van der Waals surface area contributed by atoms with E-state index in [2.05, 4.69) is 19.9 Å². The minimum absolute atomic E-state index is 0. The average Bonchev–Trinajstić information content (AvgIpc) is 2.73. The van der Waals surface area contributed by atoms with Crippen molar-refractivity contribution in [2.45, 2.75) is 39.5 Å². The van der Waals surface area contributed by atoms with Gasteiger partial charge in [0, 0.05) is 0 Å². The Morgan fingerprint density at radius 1 is 0.944 bits per heavy atom. The van der Waals surface area contributed by atoms with E-state index in [4.69, 9.17) is 15.3 Å². The fourth-order valence-electron chi connectivity index (χ4n) is 2.33. The zero-order valence-electron chi connectivity index (χ0n) is 12.1. The molecule has 0 aromatic carbocycles. The molecule has 0 saturated carbocycles. The predicted octanol–water partition coefficient (Wildman–Crippen LogP) is 0.183. The molecular weight excluding hydrogens is 264 g/mol. The molecule has 18 heavy (non-hydrogen) atoms. The molecule has 0 amide bonds. The van der Waals surface area contributed by atoms with E-state index in [1.807, 2.05) is 0 Å². The number of hydrogen-bond acceptors (Lipinski definition) is 3. The van der Waals surface area contributed by atoms with Crippen LogP contribution in [0.2, 0.25) is 0 Å². The van der Waals surface area contributed by atoms with E-state index in [0.717, 1.165) is 21.3 Å². The van der Waals surface area contributed by atoms with Crippen LogP contribution in [0.4, 0.5) is 0 Å². The molecule has 0 bridgehead atoms. The van der Waals surface area contributed by atoms with E-state index >= 15 is 0 Å². The summed E-state index contributed by atoms with van der Waals surface area (Å²) in [6.07, 6.45) is 8.95. The second-order valence-electron chi connectivity index (χ2n) is 3.70. The molecule has 0 saturated heterocycles. The zero-order chi connectivity index (χ0) is 13.8. The van der Waals surface area contributed by atoms with Gasteiger partial charge in [-0.1, -0.05) is 39.0 Å². The molecule has 2 rings (SSSR count). The molecule has 0 heterocycles. The van der Waals surface area contributed by atoms with E-state index in [0.29, 0.717) is 5.92 Å². The van der Waals surface area contributed by atoms with Crippen LogP contribution >= 0.6 is 0 Å². The van der Waals surface area contributed by atoms with Gasteiger partial charge in [0.05, 0.1) is 0 Å². The Morgan fingerprint density at radius 3 is 1.83 bits per heavy atom. The summed E-state index contributed by atoms with van der Waals surface area (Å²) in [5.41, 5.74) is 4.77. The summed E-state index contributed by atoms with van der Waals surface area (Å²) in [7, 11) is 2.25. The summed E-state index contributed by atoms with van der Waals surface area (Å²) in [5.74, 6) is 0.630. The molecule has 2 aliphatic carbocycles. The Labute approximate surface area is 126 Å². The molecule has 0 radical (unpaired) electrons. The topological polar surface area (TPSA) is 69.2 Å². The van der Waals surface area contributed by atoms with Gasteiger partial charge < -0.3 is 15.3 Å². The van der Waals surface area contributed by atoms with Crippen LogP contribution in [0, 0.1) is 12.0 Å². The summed E-state index contributed by atoms with van der Waals surface area (Å²) in [6.45, 7) is 4.49. The maximum absolute atomic E-state index is 8.25. The Balaban J connectivity index is -0.000000285. The second-order valence-corrected chi connectivity index (χ2v) is 3.70. The average molecular weight is 288 g/mol. The summed E-state index contributed by atoms with van der Waals surface area (Å²) in [4.78, 5) is 0. The second kappa shape index (κ2) is 15.1. The van der Waals surface area contributed by atoms with Crippen molar-refractivity contribution >= 4 is 0 Å². The smallest absolute Gasteiger partial charge is 0.857 e. The molecule has 2 aliphatic rings. The molecule has 0 aromatic heterocycles. The quantitative estimate of drug-likeness (QED) is 0.472. The molecule has 0 N–H and O–H groups in total. The van der Waals surface area contributed by atoms with Crippen molar-refractivity contribution in [3.8, 4) is 0 Å². The largest absolute Gasteiger partial charge is 4.00 e. The first-order valence-corrected chi connectivity index (χ1v) is 5.84. The van der Waals surface area contributed by atoms with Crippen LogP contribution in [0.15, 0.2) is 16.7 Å². The van der Waals surface area contributed by atoms with Crippen molar-refractivity contribution in [3.63, 3.8) is 0 Å². The van der Waals surface area contributed by atoms with Gasteiger partial charge in [-0.25, -0.2) is 5.57 Å². The van der Waals surface area contributed by atoms with Crippen LogP contribution in [0.3, 0.4) is 0 Å². The van der Waals surface area contributed by atoms with Crippen LogP contribution < -0.4 is 15.3 Å². The van der Waals surface area contributed by atoms with Crippen LogP contribution in [0.1, 0.15) is 39.5 Å². The first kappa shape index (κ1) is 23.2. The first-order chi connectivity index (χ1) is 8.29. The van der Waals surface area contributed by atoms with Gasteiger partial charge in [-0.15, -0.1) is 0 Å². The Kier molecular flexibility index (Phi) is 19.5. The van der Waals surface area contributed by atoms with Crippen molar-refractivity contribution in [1.29, 1.82) is 0 Å². The van der Waals surface area contributed by atoms with E-state index in [1.54, 1.807) is 11.1 Å². The molecule has 4 heteroatoms. The molecule has 3 nitrogen and oxygen atoms in total. The van der Waals surface area contributed by atoms with Gasteiger partial charge in [0.25, 0.3) is 0 Å². The summed E-state index contributed by atoms with van der Waals surface area (Å²) >= 11 is 0. The van der Waals surface area contributed by atoms with Crippen molar-refractivity contribution in [1.82, 2.24) is 0 Å². The zero-order valence-corrected chi connectivity index (χ0v) is 13.7. The molecule has 102 valence electrons. The number of hydrogen-bond donors (Lipinski definition) is 0. The van der Waals surface area contributed by atoms with Gasteiger partial charge >= 0.3 is 21.7 Å². The summed E-state index contributed by atoms with van der Waals surface area (Å²) in [6, 6.07) is 0. The molecule has 1 unspecified atom stereocenters. The summed E-state index contributed by atoms with van der Waals surface area (Å²) < 4.78 is 0. The van der Waals surface area contributed by atoms with Crippen LogP contribution in [-0.4, -0.2) is 21.3 Å². The third-order valence-electron chi connectivity index (χ3n) is 2.92. The van der Waals surface area contributed by atoms with Gasteiger partial charge in [-0.3, -0.25) is 6.08 Å². The SMILES string of the molecule is CC1=[C-]C(C)C2=C1CCCC2.C[O-].C[O-].C[O-].[Ti+4]. The van der Waals surface area contributed by atoms with E-state index < -0.39 is 0 Å². The fourth-order valence-corrected chi connectivity index (χ4v) is 2.33. The number of rotatable bonds is 0. The van der Waals surface area contributed by atoms with Crippen molar-refractivity contribution in [2.75, 3.05) is 21.3 Å². The van der Waals surface area contributed by atoms with Crippen molar-refractivity contribution in [3.05, 3.63) is 22.8 Å². The Morgan fingerprint density at radius 2 is 1.39 bits per heavy atom. The van der Waals surface area contributed by atoms with E-state index in [1.165, 1.54) is 31.3 Å². The molecule has 0 spiro atoms. The molecular formula is C14H24O3Ti. The third kappa shape index (κ3) is 6.86. The Hall–Kier alpha value is 0.0743. The minimum Gasteiger partial charge on any atom is -0.857 e. The van der Waals surface area contributed by atoms with E-state index in [9.17, 15) is 0 Å². The van der Waals surface area contributed by atoms with E-state index in [-0.39, 0.29) is 21.7 Å². The predicted molar refractivity (Wildman–Crippen MR) is 64.9 cm³/mol. The Bertz CT molecular complexity index is 247. The van der Waals surface area contributed by atoms with Gasteiger partial charge in [-0.05, 0) is 6.42 Å². The maximum Gasteiger partial charge on any atom is 4.00 e. The first-order valence-electron chi connectivity index (χ1n) is 5.84. The molecule has 0 aromatic rings. The molecule has 1 atom stereocenters. The number of allylic oxidation sites excluding steroid dienone is 4. The van der Waals surface area contributed by atoms with Crippen molar-refractivity contribution < 1.29 is 37.0 Å². The van der Waals surface area contributed by atoms with Gasteiger partial charge in [0.1, 0.15) is 0 Å². The van der Waals surface area contributed by atoms with Gasteiger partial charge in [0.2, 0.25) is 0 Å². The van der Waals surface area contributed by atoms with Gasteiger partial charge in [-0.2, -0.15) is 32.5 Å². The third-order valence-corrected chi connectivity index (χ3v) is 2.92. The monoisotopic (exact) mass is 288 g/mol.